The predicted octanol–water partition coefficient (Wildman–Crippen LogP) is 2.80. The summed E-state index contributed by atoms with van der Waals surface area (Å²) in [6, 6.07) is 12.7. The van der Waals surface area contributed by atoms with Crippen molar-refractivity contribution in [2.24, 2.45) is 0 Å². The number of fused-ring (bicyclic) bond motifs is 1. The molecular weight excluding hydrogens is 346 g/mol. The summed E-state index contributed by atoms with van der Waals surface area (Å²) < 4.78 is 11.7. The number of aryl methyl sites for hydroxylation is 1. The lowest BCUT2D eigenvalue weighted by atomic mass is 10.0. The van der Waals surface area contributed by atoms with E-state index in [9.17, 15) is 9.59 Å². The van der Waals surface area contributed by atoms with Crippen LogP contribution in [0.5, 0.6) is 5.75 Å². The lowest BCUT2D eigenvalue weighted by Crippen LogP contribution is -2.27. The number of hydrogen-bond donors (Lipinski definition) is 0. The highest BCUT2D eigenvalue weighted by atomic mass is 16.6. The molecule has 0 saturated heterocycles. The molecule has 0 unspecified atom stereocenters. The quantitative estimate of drug-likeness (QED) is 0.623. The number of aromatic nitrogens is 3. The first-order chi connectivity index (χ1) is 13.0. The third kappa shape index (κ3) is 4.31. The molecule has 0 bridgehead atoms. The largest absolute Gasteiger partial charge is 0.482 e. The molecule has 7 nitrogen and oxygen atoms in total. The first-order valence-electron chi connectivity index (χ1n) is 8.67. The molecule has 0 fully saturated rings. The van der Waals surface area contributed by atoms with Gasteiger partial charge in [-0.25, -0.2) is 4.79 Å². The monoisotopic (exact) mass is 367 g/mol. The van der Waals surface area contributed by atoms with E-state index in [-0.39, 0.29) is 24.8 Å². The van der Waals surface area contributed by atoms with Crippen molar-refractivity contribution >= 4 is 16.9 Å². The number of nitrogens with zero attached hydrogens (tertiary/aromatic N) is 3. The topological polar surface area (TPSA) is 83.3 Å². The highest BCUT2D eigenvalue weighted by Crippen LogP contribution is 2.27. The van der Waals surface area contributed by atoms with E-state index in [1.807, 2.05) is 25.1 Å². The zero-order chi connectivity index (χ0) is 19.4. The standard InChI is InChI=1S/C20H21N3O4/c1-13(2)15-9-8-14(3)10-18(15)26-11-19(24)27-12-23-20(25)16-6-4-5-7-17(16)21-22-23/h4-10,13H,11-12H2,1-3H3. The van der Waals surface area contributed by atoms with E-state index in [1.165, 1.54) is 0 Å². The van der Waals surface area contributed by atoms with Crippen LogP contribution in [0.4, 0.5) is 0 Å². The van der Waals surface area contributed by atoms with Crippen LogP contribution in [0.25, 0.3) is 10.9 Å². The fraction of sp³-hybridized carbons (Fsp3) is 0.300. The lowest BCUT2D eigenvalue weighted by molar-refractivity contribution is -0.150. The van der Waals surface area contributed by atoms with Crippen molar-refractivity contribution in [3.8, 4) is 5.75 Å². The zero-order valence-electron chi connectivity index (χ0n) is 15.5. The summed E-state index contributed by atoms with van der Waals surface area (Å²) in [7, 11) is 0. The molecular formula is C20H21N3O4. The Labute approximate surface area is 156 Å². The van der Waals surface area contributed by atoms with Crippen LogP contribution in [0.1, 0.15) is 30.9 Å². The van der Waals surface area contributed by atoms with Crippen LogP contribution in [0.3, 0.4) is 0 Å². The Morgan fingerprint density at radius 2 is 1.96 bits per heavy atom. The molecule has 0 aliphatic rings. The summed E-state index contributed by atoms with van der Waals surface area (Å²) in [5, 5.41) is 8.14. The normalized spacial score (nSPS) is 11.0. The lowest BCUT2D eigenvalue weighted by Gasteiger charge is -2.14. The number of carbonyl (C=O) groups is 1. The first-order valence-corrected chi connectivity index (χ1v) is 8.67. The predicted molar refractivity (Wildman–Crippen MR) is 101 cm³/mol. The zero-order valence-corrected chi connectivity index (χ0v) is 15.5. The van der Waals surface area contributed by atoms with Crippen LogP contribution in [0.15, 0.2) is 47.3 Å². The van der Waals surface area contributed by atoms with Crippen molar-refractivity contribution in [1.29, 1.82) is 0 Å². The minimum atomic E-state index is -0.590. The summed E-state index contributed by atoms with van der Waals surface area (Å²) in [6.45, 7) is 5.50. The average Bonchev–Trinajstić information content (AvgIpc) is 2.66. The van der Waals surface area contributed by atoms with Gasteiger partial charge in [-0.1, -0.05) is 43.3 Å². The molecule has 0 saturated carbocycles. The summed E-state index contributed by atoms with van der Waals surface area (Å²) in [6.07, 6.45) is 0. The van der Waals surface area contributed by atoms with Crippen LogP contribution in [-0.4, -0.2) is 27.6 Å². The Hall–Kier alpha value is -3.22. The van der Waals surface area contributed by atoms with Crippen LogP contribution in [0.2, 0.25) is 0 Å². The molecule has 3 rings (SSSR count). The highest BCUT2D eigenvalue weighted by Gasteiger charge is 2.12. The van der Waals surface area contributed by atoms with Crippen molar-refractivity contribution in [1.82, 2.24) is 15.0 Å². The molecule has 1 aromatic heterocycles. The molecule has 140 valence electrons. The highest BCUT2D eigenvalue weighted by molar-refractivity contribution is 5.76. The third-order valence-electron chi connectivity index (χ3n) is 4.11. The SMILES string of the molecule is Cc1ccc(C(C)C)c(OCC(=O)OCn2nnc3ccccc3c2=O)c1. The Morgan fingerprint density at radius 1 is 1.19 bits per heavy atom. The van der Waals surface area contributed by atoms with Crippen molar-refractivity contribution in [2.45, 2.75) is 33.4 Å². The second kappa shape index (κ2) is 7.99. The fourth-order valence-corrected chi connectivity index (χ4v) is 2.66. The number of rotatable bonds is 6. The Bertz CT molecular complexity index is 1030. The van der Waals surface area contributed by atoms with Gasteiger partial charge in [0.15, 0.2) is 13.3 Å². The minimum Gasteiger partial charge on any atom is -0.482 e. The minimum absolute atomic E-state index is 0.251. The Kier molecular flexibility index (Phi) is 5.49. The van der Waals surface area contributed by atoms with Gasteiger partial charge in [0.25, 0.3) is 5.56 Å². The molecule has 27 heavy (non-hydrogen) atoms. The van der Waals surface area contributed by atoms with Gasteiger partial charge in [0.05, 0.1) is 5.39 Å². The molecule has 0 amide bonds. The van der Waals surface area contributed by atoms with Crippen molar-refractivity contribution < 1.29 is 14.3 Å². The maximum Gasteiger partial charge on any atom is 0.345 e. The molecule has 0 radical (unpaired) electrons. The molecule has 0 aliphatic heterocycles. The molecule has 0 aliphatic carbocycles. The number of hydrogen-bond acceptors (Lipinski definition) is 6. The van der Waals surface area contributed by atoms with Gasteiger partial charge >= 0.3 is 5.97 Å². The van der Waals surface area contributed by atoms with Crippen LogP contribution in [-0.2, 0) is 16.3 Å². The Morgan fingerprint density at radius 3 is 2.74 bits per heavy atom. The fourth-order valence-electron chi connectivity index (χ4n) is 2.66. The summed E-state index contributed by atoms with van der Waals surface area (Å²) in [5.41, 5.74) is 2.19. The number of esters is 1. The van der Waals surface area contributed by atoms with E-state index >= 15 is 0 Å². The number of ether oxygens (including phenoxy) is 2. The van der Waals surface area contributed by atoms with Gasteiger partial charge < -0.3 is 9.47 Å². The van der Waals surface area contributed by atoms with Crippen LogP contribution < -0.4 is 10.3 Å². The first kappa shape index (κ1) is 18.6. The number of benzene rings is 2. The van der Waals surface area contributed by atoms with Gasteiger partial charge in [-0.2, -0.15) is 4.68 Å². The van der Waals surface area contributed by atoms with Gasteiger partial charge in [0.2, 0.25) is 0 Å². The van der Waals surface area contributed by atoms with E-state index in [2.05, 4.69) is 24.2 Å². The van der Waals surface area contributed by atoms with E-state index in [1.54, 1.807) is 24.3 Å². The second-order valence-corrected chi connectivity index (χ2v) is 6.54. The third-order valence-corrected chi connectivity index (χ3v) is 4.11. The van der Waals surface area contributed by atoms with E-state index in [4.69, 9.17) is 9.47 Å². The summed E-state index contributed by atoms with van der Waals surface area (Å²) in [5.74, 6) is 0.334. The average molecular weight is 367 g/mol. The van der Waals surface area contributed by atoms with E-state index in [0.717, 1.165) is 15.8 Å². The molecule has 7 heteroatoms. The van der Waals surface area contributed by atoms with Crippen molar-refractivity contribution in [3.05, 3.63) is 63.9 Å². The molecule has 1 heterocycles. The van der Waals surface area contributed by atoms with Crippen LogP contribution >= 0.6 is 0 Å². The van der Waals surface area contributed by atoms with Gasteiger partial charge in [0, 0.05) is 0 Å². The van der Waals surface area contributed by atoms with Gasteiger partial charge in [0.1, 0.15) is 11.3 Å². The van der Waals surface area contributed by atoms with E-state index < -0.39 is 5.97 Å². The smallest absolute Gasteiger partial charge is 0.345 e. The van der Waals surface area contributed by atoms with Gasteiger partial charge in [-0.15, -0.1) is 5.10 Å². The van der Waals surface area contributed by atoms with Crippen molar-refractivity contribution in [2.75, 3.05) is 6.61 Å². The molecule has 3 aromatic rings. The second-order valence-electron chi connectivity index (χ2n) is 6.54. The van der Waals surface area contributed by atoms with Crippen LogP contribution in [0, 0.1) is 6.92 Å². The van der Waals surface area contributed by atoms with E-state index in [0.29, 0.717) is 16.7 Å². The van der Waals surface area contributed by atoms with Gasteiger partial charge in [-0.3, -0.25) is 4.79 Å². The van der Waals surface area contributed by atoms with Crippen molar-refractivity contribution in [3.63, 3.8) is 0 Å². The number of carbonyl (C=O) groups excluding carboxylic acids is 1. The molecule has 0 atom stereocenters. The maximum atomic E-state index is 12.3. The molecule has 2 aromatic carbocycles. The van der Waals surface area contributed by atoms with Gasteiger partial charge in [-0.05, 0) is 42.2 Å². The summed E-state index contributed by atoms with van der Waals surface area (Å²) in [4.78, 5) is 24.3. The maximum absolute atomic E-state index is 12.3. The Balaban J connectivity index is 1.63. The summed E-state index contributed by atoms with van der Waals surface area (Å²) >= 11 is 0. The molecule has 0 spiro atoms. The molecule has 0 N–H and O–H groups in total.